The van der Waals surface area contributed by atoms with Crippen molar-refractivity contribution in [1.29, 1.82) is 0 Å². The number of halogens is 1. The summed E-state index contributed by atoms with van der Waals surface area (Å²) in [5.74, 6) is 0.642. The Bertz CT molecular complexity index is 441. The molecule has 3 rings (SSSR count). The first-order chi connectivity index (χ1) is 9.15. The zero-order chi connectivity index (χ0) is 13.4. The fourth-order valence-electron chi connectivity index (χ4n) is 3.17. The summed E-state index contributed by atoms with van der Waals surface area (Å²) in [5.41, 5.74) is 0. The van der Waals surface area contributed by atoms with Crippen LogP contribution in [0.2, 0.25) is 0 Å². The Hall–Kier alpha value is -1.23. The van der Waals surface area contributed by atoms with E-state index in [-0.39, 0.29) is 18.3 Å². The number of nitrogens with one attached hydrogen (secondary N) is 1. The van der Waals surface area contributed by atoms with Crippen LogP contribution in [0.5, 0.6) is 0 Å². The Morgan fingerprint density at radius 3 is 3.22 bits per heavy atom. The third kappa shape index (κ3) is 2.07. The van der Waals surface area contributed by atoms with Crippen molar-refractivity contribution in [3.63, 3.8) is 0 Å². The van der Waals surface area contributed by atoms with Gasteiger partial charge in [-0.3, -0.25) is 0 Å². The zero-order valence-corrected chi connectivity index (χ0v) is 10.5. The predicted octanol–water partition coefficient (Wildman–Crippen LogP) is 1.53. The second-order valence-electron chi connectivity index (χ2n) is 5.28. The van der Waals surface area contributed by atoms with Crippen LogP contribution in [-0.4, -0.2) is 41.5 Å². The van der Waals surface area contributed by atoms with Gasteiger partial charge in [0.1, 0.15) is 6.17 Å². The van der Waals surface area contributed by atoms with Crippen molar-refractivity contribution in [2.24, 2.45) is 0 Å². The molecule has 0 unspecified atom stereocenters. The molecule has 2 saturated heterocycles. The second-order valence-corrected chi connectivity index (χ2v) is 5.28. The van der Waals surface area contributed by atoms with E-state index < -0.39 is 6.17 Å². The summed E-state index contributed by atoms with van der Waals surface area (Å²) in [4.78, 5) is 1.88. The molecule has 1 aromatic rings. The average Bonchev–Trinajstić information content (AvgIpc) is 2.43. The van der Waals surface area contributed by atoms with E-state index in [0.717, 1.165) is 25.7 Å². The van der Waals surface area contributed by atoms with Crippen molar-refractivity contribution in [2.75, 3.05) is 11.9 Å². The summed E-state index contributed by atoms with van der Waals surface area (Å²) < 4.78 is 21.9. The molecule has 0 aromatic carbocycles. The quantitative estimate of drug-likeness (QED) is 0.865. The molecule has 2 fully saturated rings. The number of anilines is 1. The van der Waals surface area contributed by atoms with Crippen LogP contribution < -0.4 is 10.2 Å². The van der Waals surface area contributed by atoms with Crippen LogP contribution in [0.15, 0.2) is 18.3 Å². The number of rotatable bonds is 2. The van der Waals surface area contributed by atoms with Gasteiger partial charge in [-0.25, -0.2) is 4.39 Å². The number of nitrogens with zero attached hydrogens (tertiary/aromatic N) is 3. The minimum absolute atomic E-state index is 0.0247. The summed E-state index contributed by atoms with van der Waals surface area (Å²) in [6, 6.07) is 3.57. The Labute approximate surface area is 108 Å². The first kappa shape index (κ1) is 10.7. The van der Waals surface area contributed by atoms with E-state index in [1.807, 2.05) is 11.9 Å². The summed E-state index contributed by atoms with van der Waals surface area (Å²) in [6.07, 6.45) is 3.23. The number of hydrogen-bond donors (Lipinski definition) is 1. The lowest BCUT2D eigenvalue weighted by Gasteiger charge is -2.45. The van der Waals surface area contributed by atoms with Crippen molar-refractivity contribution >= 4 is 5.82 Å². The molecule has 1 aromatic heterocycles. The van der Waals surface area contributed by atoms with E-state index in [2.05, 4.69) is 15.5 Å². The molecule has 2 aliphatic rings. The standard InChI is InChI=1S/C13H19FN4/c1-18(12-6-3-7-15-17-12)11-8-9-4-2-5-10(16-9)13(11)14/h3,6-7,9-11,13,16H,2,4-5,8H2,1H3/t9-,10+,11-,13+/m1/s1/i7D. The van der Waals surface area contributed by atoms with Crippen molar-refractivity contribution < 1.29 is 5.76 Å². The van der Waals surface area contributed by atoms with E-state index in [9.17, 15) is 4.39 Å². The number of alkyl halides is 1. The topological polar surface area (TPSA) is 41.0 Å². The molecule has 4 nitrogen and oxygen atoms in total. The molecular weight excluding hydrogens is 231 g/mol. The van der Waals surface area contributed by atoms with Crippen LogP contribution in [-0.2, 0) is 0 Å². The molecule has 18 heavy (non-hydrogen) atoms. The minimum atomic E-state index is -0.876. The third-order valence-electron chi connectivity index (χ3n) is 4.17. The van der Waals surface area contributed by atoms with Crippen LogP contribution in [0.3, 0.4) is 0 Å². The van der Waals surface area contributed by atoms with Gasteiger partial charge in [0.2, 0.25) is 0 Å². The molecule has 0 amide bonds. The fourth-order valence-corrected chi connectivity index (χ4v) is 3.17. The number of hydrogen-bond acceptors (Lipinski definition) is 4. The van der Waals surface area contributed by atoms with Crippen LogP contribution in [0.1, 0.15) is 27.1 Å². The fraction of sp³-hybridized carbons (Fsp3) is 0.692. The molecule has 98 valence electrons. The number of fused-ring (bicyclic) bond motifs is 2. The second kappa shape index (κ2) is 4.80. The third-order valence-corrected chi connectivity index (χ3v) is 4.17. The van der Waals surface area contributed by atoms with Crippen molar-refractivity contribution in [3.8, 4) is 0 Å². The molecule has 1 N–H and O–H groups in total. The lowest BCUT2D eigenvalue weighted by molar-refractivity contribution is 0.107. The number of aromatic nitrogens is 2. The van der Waals surface area contributed by atoms with E-state index in [1.54, 1.807) is 12.1 Å². The highest BCUT2D eigenvalue weighted by molar-refractivity contribution is 5.37. The largest absolute Gasteiger partial charge is 0.352 e. The lowest BCUT2D eigenvalue weighted by atomic mass is 9.82. The maximum atomic E-state index is 14.5. The Morgan fingerprint density at radius 1 is 1.56 bits per heavy atom. The average molecular weight is 251 g/mol. The monoisotopic (exact) mass is 251 g/mol. The molecule has 0 saturated carbocycles. The molecule has 2 bridgehead atoms. The van der Waals surface area contributed by atoms with Gasteiger partial charge < -0.3 is 10.2 Å². The highest BCUT2D eigenvalue weighted by atomic mass is 19.1. The lowest BCUT2D eigenvalue weighted by Crippen LogP contribution is -2.61. The Balaban J connectivity index is 1.78. The van der Waals surface area contributed by atoms with Gasteiger partial charge in [-0.05, 0) is 31.4 Å². The van der Waals surface area contributed by atoms with Gasteiger partial charge in [0, 0.05) is 25.3 Å². The Kier molecular flexibility index (Phi) is 2.85. The van der Waals surface area contributed by atoms with Crippen LogP contribution >= 0.6 is 0 Å². The van der Waals surface area contributed by atoms with Crippen LogP contribution in [0, 0.1) is 0 Å². The maximum Gasteiger partial charge on any atom is 0.151 e. The van der Waals surface area contributed by atoms with Crippen molar-refractivity contribution in [1.82, 2.24) is 15.5 Å². The van der Waals surface area contributed by atoms with Crippen molar-refractivity contribution in [3.05, 3.63) is 18.3 Å². The van der Waals surface area contributed by atoms with Gasteiger partial charge >= 0.3 is 0 Å². The summed E-state index contributed by atoms with van der Waals surface area (Å²) in [6.45, 7) is 0. The van der Waals surface area contributed by atoms with Gasteiger partial charge in [0.05, 0.1) is 7.41 Å². The van der Waals surface area contributed by atoms with Gasteiger partial charge in [-0.2, -0.15) is 5.10 Å². The highest BCUT2D eigenvalue weighted by Crippen LogP contribution is 2.31. The first-order valence-corrected chi connectivity index (χ1v) is 6.58. The van der Waals surface area contributed by atoms with E-state index >= 15 is 0 Å². The molecular formula is C13H19FN4. The SMILES string of the molecule is [2H]c1ccc(N(C)[C@@H]2C[C@H]3CCC[C@H](N3)[C@@H]2F)nn1. The van der Waals surface area contributed by atoms with Crippen molar-refractivity contribution in [2.45, 2.75) is 50.0 Å². The van der Waals surface area contributed by atoms with Gasteiger partial charge in [-0.1, -0.05) is 6.42 Å². The number of piperidine rings is 2. The van der Waals surface area contributed by atoms with Gasteiger partial charge in [-0.15, -0.1) is 5.10 Å². The summed E-state index contributed by atoms with van der Waals surface area (Å²) in [5, 5.41) is 11.1. The van der Waals surface area contributed by atoms with Gasteiger partial charge in [0.25, 0.3) is 0 Å². The summed E-state index contributed by atoms with van der Waals surface area (Å²) in [7, 11) is 1.87. The first-order valence-electron chi connectivity index (χ1n) is 7.08. The van der Waals surface area contributed by atoms with E-state index in [4.69, 9.17) is 1.37 Å². The molecule has 0 spiro atoms. The molecule has 5 heteroatoms. The normalized spacial score (nSPS) is 36.0. The molecule has 3 heterocycles. The zero-order valence-electron chi connectivity index (χ0n) is 11.5. The Morgan fingerprint density at radius 2 is 2.44 bits per heavy atom. The maximum absolute atomic E-state index is 14.5. The summed E-state index contributed by atoms with van der Waals surface area (Å²) >= 11 is 0. The van der Waals surface area contributed by atoms with Crippen LogP contribution in [0.4, 0.5) is 10.2 Å². The van der Waals surface area contributed by atoms with E-state index in [1.165, 1.54) is 0 Å². The van der Waals surface area contributed by atoms with E-state index in [0.29, 0.717) is 11.9 Å². The smallest absolute Gasteiger partial charge is 0.151 e. The molecule has 0 radical (unpaired) electrons. The predicted molar refractivity (Wildman–Crippen MR) is 68.3 cm³/mol. The molecule has 2 aliphatic heterocycles. The van der Waals surface area contributed by atoms with Crippen LogP contribution in [0.25, 0.3) is 0 Å². The highest BCUT2D eigenvalue weighted by Gasteiger charge is 2.41. The molecule has 4 atom stereocenters. The minimum Gasteiger partial charge on any atom is -0.352 e. The van der Waals surface area contributed by atoms with Gasteiger partial charge in [0.15, 0.2) is 5.82 Å². The molecule has 0 aliphatic carbocycles.